The first-order chi connectivity index (χ1) is 14.2. The van der Waals surface area contributed by atoms with Gasteiger partial charge in [0.1, 0.15) is 4.90 Å². The molecule has 0 radical (unpaired) electrons. The molecule has 1 amide bonds. The second kappa shape index (κ2) is 8.74. The number of hydrogen-bond acceptors (Lipinski definition) is 6. The molecule has 3 aromatic rings. The van der Waals surface area contributed by atoms with Gasteiger partial charge in [-0.3, -0.25) is 15.4 Å². The number of ketones is 1. The first-order valence-electron chi connectivity index (χ1n) is 8.55. The molecule has 10 heteroatoms. The number of hydrazine groups is 2. The number of anilines is 1. The highest BCUT2D eigenvalue weighted by Gasteiger charge is 2.21. The van der Waals surface area contributed by atoms with Crippen LogP contribution in [0, 0.1) is 0 Å². The summed E-state index contributed by atoms with van der Waals surface area (Å²) in [6, 6.07) is 18.6. The first kappa shape index (κ1) is 21.6. The Morgan fingerprint density at radius 2 is 1.43 bits per heavy atom. The Balaban J connectivity index is 1.89. The number of carbonyl (C=O) groups excluding carboxylic acids is 2. The number of carbonyl (C=O) groups is 2. The fraction of sp³-hybridized carbons (Fsp3) is 0. The van der Waals surface area contributed by atoms with E-state index in [0.717, 1.165) is 11.1 Å². The van der Waals surface area contributed by atoms with Crippen LogP contribution in [0.5, 0.6) is 0 Å². The maximum absolute atomic E-state index is 12.8. The van der Waals surface area contributed by atoms with Crippen molar-refractivity contribution in [2.24, 2.45) is 11.0 Å². The molecule has 3 aromatic carbocycles. The lowest BCUT2D eigenvalue weighted by Crippen LogP contribution is -2.47. The first-order valence-corrected chi connectivity index (χ1v) is 10.5. The largest absolute Gasteiger partial charge is 0.289 e. The van der Waals surface area contributed by atoms with Crippen molar-refractivity contribution in [2.45, 2.75) is 4.90 Å². The lowest BCUT2D eigenvalue weighted by Gasteiger charge is -2.21. The number of nitrogens with two attached hydrogens (primary N) is 2. The van der Waals surface area contributed by atoms with Crippen molar-refractivity contribution in [3.8, 4) is 0 Å². The quantitative estimate of drug-likeness (QED) is 0.303. The molecule has 0 bridgehead atoms. The SMILES string of the molecule is NNN(C(=O)c1ccc(Cl)c(S(N)(=O)=O)c1)c1ccc(C(=O)c2ccccc2)cc1. The average Bonchev–Trinajstić information content (AvgIpc) is 2.74. The highest BCUT2D eigenvalue weighted by molar-refractivity contribution is 7.89. The van der Waals surface area contributed by atoms with Gasteiger partial charge in [0.05, 0.1) is 10.7 Å². The van der Waals surface area contributed by atoms with Gasteiger partial charge in [-0.2, -0.15) is 5.53 Å². The van der Waals surface area contributed by atoms with Crippen molar-refractivity contribution < 1.29 is 18.0 Å². The van der Waals surface area contributed by atoms with Gasteiger partial charge in [-0.1, -0.05) is 41.9 Å². The summed E-state index contributed by atoms with van der Waals surface area (Å²) in [7, 11) is -4.12. The van der Waals surface area contributed by atoms with Crippen molar-refractivity contribution in [3.63, 3.8) is 0 Å². The minimum atomic E-state index is -4.12. The van der Waals surface area contributed by atoms with Gasteiger partial charge >= 0.3 is 0 Å². The molecular weight excluding hydrogens is 428 g/mol. The molecule has 0 saturated carbocycles. The van der Waals surface area contributed by atoms with E-state index in [4.69, 9.17) is 22.6 Å². The molecule has 3 rings (SSSR count). The third-order valence-electron chi connectivity index (χ3n) is 4.24. The number of primary sulfonamides is 1. The standard InChI is InChI=1S/C20H17ClN4O4S/c21-17-11-8-15(12-18(17)30(23,28)29)20(27)25(24-22)16-9-6-14(7-10-16)19(26)13-4-2-1-3-5-13/h1-12,24H,22H2,(H2,23,28,29). The second-order valence-corrected chi connectivity index (χ2v) is 8.14. The zero-order valence-corrected chi connectivity index (χ0v) is 17.0. The van der Waals surface area contributed by atoms with Gasteiger partial charge in [0.25, 0.3) is 5.91 Å². The van der Waals surface area contributed by atoms with Crippen molar-refractivity contribution in [2.75, 3.05) is 5.01 Å². The minimum absolute atomic E-state index is 0.00851. The smallest absolute Gasteiger partial charge is 0.273 e. The molecule has 0 saturated heterocycles. The molecule has 0 aliphatic rings. The van der Waals surface area contributed by atoms with Crippen LogP contribution in [0.1, 0.15) is 26.3 Å². The molecule has 0 unspecified atom stereocenters. The average molecular weight is 445 g/mol. The van der Waals surface area contributed by atoms with Crippen LogP contribution in [0.15, 0.2) is 77.7 Å². The molecule has 0 spiro atoms. The number of nitrogens with one attached hydrogen (secondary N) is 1. The molecule has 8 nitrogen and oxygen atoms in total. The highest BCUT2D eigenvalue weighted by Crippen LogP contribution is 2.24. The van der Waals surface area contributed by atoms with E-state index in [1.54, 1.807) is 36.4 Å². The van der Waals surface area contributed by atoms with Gasteiger partial charge < -0.3 is 0 Å². The van der Waals surface area contributed by atoms with E-state index in [-0.39, 0.29) is 21.3 Å². The zero-order valence-electron chi connectivity index (χ0n) is 15.4. The Hall–Kier alpha value is -3.08. The zero-order chi connectivity index (χ0) is 21.9. The van der Waals surface area contributed by atoms with Gasteiger partial charge in [0.2, 0.25) is 10.0 Å². The summed E-state index contributed by atoms with van der Waals surface area (Å²) in [6.45, 7) is 0. The molecule has 30 heavy (non-hydrogen) atoms. The third kappa shape index (κ3) is 4.56. The Bertz CT molecular complexity index is 1200. The molecule has 0 fully saturated rings. The van der Waals surface area contributed by atoms with Crippen molar-refractivity contribution in [1.29, 1.82) is 0 Å². The van der Waals surface area contributed by atoms with E-state index >= 15 is 0 Å². The number of benzene rings is 3. The molecule has 5 N–H and O–H groups in total. The third-order valence-corrected chi connectivity index (χ3v) is 5.63. The van der Waals surface area contributed by atoms with Crippen LogP contribution >= 0.6 is 11.6 Å². The number of sulfonamides is 1. The van der Waals surface area contributed by atoms with Crippen molar-refractivity contribution in [1.82, 2.24) is 5.53 Å². The van der Waals surface area contributed by atoms with Gasteiger partial charge in [-0.15, -0.1) is 0 Å². The van der Waals surface area contributed by atoms with E-state index < -0.39 is 15.9 Å². The van der Waals surface area contributed by atoms with Crippen LogP contribution in [0.3, 0.4) is 0 Å². The van der Waals surface area contributed by atoms with Crippen LogP contribution < -0.4 is 21.5 Å². The van der Waals surface area contributed by atoms with Crippen LogP contribution in [-0.2, 0) is 10.0 Å². The van der Waals surface area contributed by atoms with Crippen LogP contribution in [0.4, 0.5) is 5.69 Å². The maximum atomic E-state index is 12.8. The second-order valence-electron chi connectivity index (χ2n) is 6.20. The Labute approximate surface area is 178 Å². The minimum Gasteiger partial charge on any atom is -0.289 e. The van der Waals surface area contributed by atoms with Crippen molar-refractivity contribution in [3.05, 3.63) is 94.5 Å². The predicted octanol–water partition coefficient (Wildman–Crippen LogP) is 2.24. The Kier molecular flexibility index (Phi) is 6.30. The summed E-state index contributed by atoms with van der Waals surface area (Å²) >= 11 is 5.86. The topological polar surface area (TPSA) is 136 Å². The van der Waals surface area contributed by atoms with E-state index in [1.807, 2.05) is 6.07 Å². The van der Waals surface area contributed by atoms with E-state index in [1.165, 1.54) is 24.3 Å². The molecule has 0 aromatic heterocycles. The normalized spacial score (nSPS) is 11.2. The lowest BCUT2D eigenvalue weighted by molar-refractivity contribution is 0.0973. The summed E-state index contributed by atoms with van der Waals surface area (Å²) in [5.41, 5.74) is 3.54. The number of rotatable bonds is 6. The van der Waals surface area contributed by atoms with E-state index in [9.17, 15) is 18.0 Å². The number of halogens is 1. The van der Waals surface area contributed by atoms with E-state index in [2.05, 4.69) is 5.53 Å². The molecule has 0 aliphatic heterocycles. The van der Waals surface area contributed by atoms with E-state index in [0.29, 0.717) is 16.8 Å². The molecule has 0 aliphatic carbocycles. The summed E-state index contributed by atoms with van der Waals surface area (Å²) in [4.78, 5) is 25.0. The number of nitrogens with zero attached hydrogens (tertiary/aromatic N) is 1. The fourth-order valence-electron chi connectivity index (χ4n) is 2.75. The summed E-state index contributed by atoms with van der Waals surface area (Å²) in [5.74, 6) is 4.68. The maximum Gasteiger partial charge on any atom is 0.273 e. The summed E-state index contributed by atoms with van der Waals surface area (Å²) < 4.78 is 23.3. The summed E-state index contributed by atoms with van der Waals surface area (Å²) in [5, 5.41) is 6.02. The number of hydrogen-bond donors (Lipinski definition) is 3. The monoisotopic (exact) mass is 444 g/mol. The van der Waals surface area contributed by atoms with Crippen LogP contribution in [0.2, 0.25) is 5.02 Å². The van der Waals surface area contributed by atoms with Gasteiger partial charge in [0.15, 0.2) is 5.78 Å². The highest BCUT2D eigenvalue weighted by atomic mass is 35.5. The molecule has 0 heterocycles. The Morgan fingerprint density at radius 1 is 0.867 bits per heavy atom. The molecule has 154 valence electrons. The summed E-state index contributed by atoms with van der Waals surface area (Å²) in [6.07, 6.45) is 0. The molecule has 0 atom stereocenters. The van der Waals surface area contributed by atoms with Crippen molar-refractivity contribution >= 4 is 39.0 Å². The lowest BCUT2D eigenvalue weighted by atomic mass is 10.0. The fourth-order valence-corrected chi connectivity index (χ4v) is 3.82. The number of amides is 1. The van der Waals surface area contributed by atoms with Gasteiger partial charge in [-0.05, 0) is 42.5 Å². The van der Waals surface area contributed by atoms with Gasteiger partial charge in [-0.25, -0.2) is 18.6 Å². The Morgan fingerprint density at radius 3 is 2.00 bits per heavy atom. The van der Waals surface area contributed by atoms with Gasteiger partial charge in [0, 0.05) is 16.7 Å². The molecular formula is C20H17ClN4O4S. The predicted molar refractivity (Wildman–Crippen MR) is 113 cm³/mol. The van der Waals surface area contributed by atoms with Crippen LogP contribution in [-0.4, -0.2) is 20.1 Å². The van der Waals surface area contributed by atoms with Crippen LogP contribution in [0.25, 0.3) is 0 Å².